The first kappa shape index (κ1) is 31.1. The highest BCUT2D eigenvalue weighted by Gasteiger charge is 2.41. The van der Waals surface area contributed by atoms with Crippen LogP contribution in [0.4, 0.5) is 4.39 Å². The second kappa shape index (κ2) is 13.5. The van der Waals surface area contributed by atoms with E-state index in [0.717, 1.165) is 57.4 Å². The molecule has 1 amide bonds. The van der Waals surface area contributed by atoms with Gasteiger partial charge in [-0.3, -0.25) is 9.69 Å². The quantitative estimate of drug-likeness (QED) is 0.245. The fraction of sp³-hybridized carbons (Fsp3) is 0.893. The van der Waals surface area contributed by atoms with Crippen LogP contribution in [0.1, 0.15) is 51.4 Å². The zero-order chi connectivity index (χ0) is 29.1. The molecule has 0 bridgehead atoms. The van der Waals surface area contributed by atoms with Gasteiger partial charge in [-0.25, -0.2) is 12.8 Å². The van der Waals surface area contributed by atoms with Crippen LogP contribution in [0.15, 0.2) is 11.3 Å². The number of halogens is 1. The molecule has 41 heavy (non-hydrogen) atoms. The highest BCUT2D eigenvalue weighted by atomic mass is 32.2. The first-order valence-electron chi connectivity index (χ1n) is 15.7. The van der Waals surface area contributed by atoms with E-state index in [1.165, 1.54) is 5.57 Å². The average molecular weight is 599 g/mol. The molecule has 0 radical (unpaired) electrons. The third kappa shape index (κ3) is 7.08. The second-order valence-electron chi connectivity index (χ2n) is 12.8. The molecular formula is C28H51FN8O3S. The molecule has 234 valence electrons. The van der Waals surface area contributed by atoms with Crippen LogP contribution in [0.5, 0.6) is 0 Å². The predicted octanol–water partition coefficient (Wildman–Crippen LogP) is -0.490. The van der Waals surface area contributed by atoms with Gasteiger partial charge in [0, 0.05) is 51.0 Å². The number of carbonyl (C=O) groups excluding carboxylic acids is 1. The highest BCUT2D eigenvalue weighted by Crippen LogP contribution is 2.39. The number of likely N-dealkylation sites (tertiary alicyclic amines) is 1. The summed E-state index contributed by atoms with van der Waals surface area (Å²) in [5.74, 6) is -0.717. The van der Waals surface area contributed by atoms with Gasteiger partial charge >= 0.3 is 0 Å². The Morgan fingerprint density at radius 2 is 1.73 bits per heavy atom. The molecular weight excluding hydrogens is 547 g/mol. The number of fused-ring (bicyclic) bond motifs is 1. The van der Waals surface area contributed by atoms with Crippen molar-refractivity contribution in [3.8, 4) is 0 Å². The summed E-state index contributed by atoms with van der Waals surface area (Å²) in [6.07, 6.45) is 4.61. The summed E-state index contributed by atoms with van der Waals surface area (Å²) < 4.78 is 42.8. The molecule has 7 N–H and O–H groups in total. The lowest BCUT2D eigenvalue weighted by Crippen LogP contribution is -2.64. The van der Waals surface area contributed by atoms with Crippen molar-refractivity contribution in [3.63, 3.8) is 0 Å². The summed E-state index contributed by atoms with van der Waals surface area (Å²) >= 11 is 0. The van der Waals surface area contributed by atoms with Gasteiger partial charge in [-0.1, -0.05) is 0 Å². The monoisotopic (exact) mass is 598 g/mol. The molecule has 4 fully saturated rings. The maximum atomic E-state index is 14.5. The fourth-order valence-corrected chi connectivity index (χ4v) is 9.60. The minimum atomic E-state index is -3.31. The maximum Gasteiger partial charge on any atom is 0.232 e. The Bertz CT molecular complexity index is 1040. The minimum Gasteiger partial charge on any atom is -0.385 e. The van der Waals surface area contributed by atoms with E-state index < -0.39 is 28.3 Å². The Balaban J connectivity index is 1.24. The molecule has 3 saturated heterocycles. The van der Waals surface area contributed by atoms with Crippen LogP contribution in [-0.4, -0.2) is 124 Å². The Labute approximate surface area is 245 Å². The van der Waals surface area contributed by atoms with E-state index in [4.69, 9.17) is 11.5 Å². The van der Waals surface area contributed by atoms with E-state index in [0.29, 0.717) is 52.0 Å². The molecule has 0 aromatic carbocycles. The number of alkyl halides is 1. The molecule has 5 rings (SSSR count). The minimum absolute atomic E-state index is 0.0837. The topological polar surface area (TPSA) is 149 Å². The fourth-order valence-electron chi connectivity index (χ4n) is 7.70. The second-order valence-corrected chi connectivity index (χ2v) is 15.0. The van der Waals surface area contributed by atoms with Crippen LogP contribution in [0.3, 0.4) is 0 Å². The van der Waals surface area contributed by atoms with Gasteiger partial charge in [-0.05, 0) is 89.5 Å². The van der Waals surface area contributed by atoms with E-state index in [2.05, 4.69) is 25.8 Å². The molecule has 1 aliphatic carbocycles. The van der Waals surface area contributed by atoms with Crippen molar-refractivity contribution in [2.24, 2.45) is 23.3 Å². The van der Waals surface area contributed by atoms with Crippen molar-refractivity contribution < 1.29 is 17.6 Å². The number of piperidine rings is 2. The van der Waals surface area contributed by atoms with Crippen LogP contribution in [0, 0.1) is 11.8 Å². The van der Waals surface area contributed by atoms with Crippen LogP contribution in [0.25, 0.3) is 0 Å². The molecule has 1 saturated carbocycles. The lowest BCUT2D eigenvalue weighted by molar-refractivity contribution is -0.126. The van der Waals surface area contributed by atoms with Gasteiger partial charge in [0.2, 0.25) is 15.9 Å². The standard InChI is InChI=1S/C28H51FN8O3S/c1-35-11-8-21(9-12-35)41(39,40)37-15-13-36(14-16-37)24-7-10-32-18-23(24)34-28(38)25(27(30)31)26-22-4-2-3-19(22)5-6-20(29)17-33-26/h19-21,23-25,27,32-33H,2-18,30-31H2,1H3,(H,34,38)/b26-22-. The first-order chi connectivity index (χ1) is 19.6. The third-order valence-electron chi connectivity index (χ3n) is 10.1. The van der Waals surface area contributed by atoms with Gasteiger partial charge in [0.1, 0.15) is 12.1 Å². The number of allylic oxidation sites excluding steroid dienone is 1. The third-order valence-corrected chi connectivity index (χ3v) is 12.5. The Morgan fingerprint density at radius 3 is 2.44 bits per heavy atom. The summed E-state index contributed by atoms with van der Waals surface area (Å²) in [5, 5.41) is 9.63. The van der Waals surface area contributed by atoms with Gasteiger partial charge in [-0.15, -0.1) is 0 Å². The number of piperazine rings is 1. The summed E-state index contributed by atoms with van der Waals surface area (Å²) in [6.45, 7) is 5.47. The highest BCUT2D eigenvalue weighted by molar-refractivity contribution is 7.89. The SMILES string of the molecule is CN1CCC(S(=O)(=O)N2CCN(C3CCNCC3NC(=O)C(/C3=C4\CCCC4CCC(F)CN3)C(N)N)CC2)CC1. The average Bonchev–Trinajstić information content (AvgIpc) is 3.41. The molecule has 5 atom stereocenters. The number of nitrogens with one attached hydrogen (secondary N) is 3. The number of rotatable bonds is 7. The van der Waals surface area contributed by atoms with Crippen LogP contribution < -0.4 is 27.4 Å². The molecule has 0 aromatic heterocycles. The van der Waals surface area contributed by atoms with Crippen molar-refractivity contribution in [2.75, 3.05) is 66.0 Å². The number of nitrogens with zero attached hydrogens (tertiary/aromatic N) is 3. The molecule has 13 heteroatoms. The molecule has 5 aliphatic rings. The van der Waals surface area contributed by atoms with E-state index in [1.54, 1.807) is 4.31 Å². The van der Waals surface area contributed by atoms with E-state index in [9.17, 15) is 17.6 Å². The summed E-state index contributed by atoms with van der Waals surface area (Å²) in [7, 11) is -1.28. The lowest BCUT2D eigenvalue weighted by atomic mass is 9.86. The van der Waals surface area contributed by atoms with Crippen molar-refractivity contribution in [1.29, 1.82) is 0 Å². The van der Waals surface area contributed by atoms with E-state index >= 15 is 0 Å². The Kier molecular flexibility index (Phi) is 10.3. The predicted molar refractivity (Wildman–Crippen MR) is 158 cm³/mol. The summed E-state index contributed by atoms with van der Waals surface area (Å²) in [6, 6.07) is -0.0811. The van der Waals surface area contributed by atoms with E-state index in [-0.39, 0.29) is 35.7 Å². The largest absolute Gasteiger partial charge is 0.385 e. The van der Waals surface area contributed by atoms with Gasteiger partial charge < -0.3 is 32.3 Å². The summed E-state index contributed by atoms with van der Waals surface area (Å²) in [5.41, 5.74) is 14.4. The number of sulfonamides is 1. The molecule has 0 aromatic rings. The molecule has 4 heterocycles. The van der Waals surface area contributed by atoms with Crippen LogP contribution in [-0.2, 0) is 14.8 Å². The van der Waals surface area contributed by atoms with Crippen molar-refractivity contribution in [1.82, 2.24) is 30.1 Å². The maximum absolute atomic E-state index is 14.5. The van der Waals surface area contributed by atoms with Gasteiger partial charge in [-0.2, -0.15) is 4.31 Å². The Morgan fingerprint density at radius 1 is 1.00 bits per heavy atom. The smallest absolute Gasteiger partial charge is 0.232 e. The lowest BCUT2D eigenvalue weighted by Gasteiger charge is -2.45. The number of nitrogens with two attached hydrogens (primary N) is 2. The van der Waals surface area contributed by atoms with Crippen molar-refractivity contribution in [2.45, 2.75) is 81.0 Å². The van der Waals surface area contributed by atoms with E-state index in [1.807, 2.05) is 7.05 Å². The Hall–Kier alpha value is -1.35. The molecule has 0 spiro atoms. The number of amides is 1. The first-order valence-corrected chi connectivity index (χ1v) is 17.2. The van der Waals surface area contributed by atoms with Crippen LogP contribution >= 0.6 is 0 Å². The number of hydrogen-bond acceptors (Lipinski definition) is 9. The number of hydrogen-bond donors (Lipinski definition) is 5. The zero-order valence-electron chi connectivity index (χ0n) is 24.6. The molecule has 5 unspecified atom stereocenters. The van der Waals surface area contributed by atoms with Crippen molar-refractivity contribution >= 4 is 15.9 Å². The normalized spacial score (nSPS) is 34.5. The van der Waals surface area contributed by atoms with Gasteiger partial charge in [0.05, 0.1) is 17.5 Å². The van der Waals surface area contributed by atoms with Crippen LogP contribution in [0.2, 0.25) is 0 Å². The van der Waals surface area contributed by atoms with Gasteiger partial charge in [0.15, 0.2) is 0 Å². The summed E-state index contributed by atoms with van der Waals surface area (Å²) in [4.78, 5) is 18.4. The number of carbonyl (C=O) groups is 1. The molecule has 4 aliphatic heterocycles. The van der Waals surface area contributed by atoms with Crippen molar-refractivity contribution in [3.05, 3.63) is 11.3 Å². The van der Waals surface area contributed by atoms with Gasteiger partial charge in [0.25, 0.3) is 0 Å². The zero-order valence-corrected chi connectivity index (χ0v) is 25.4. The molecule has 11 nitrogen and oxygen atoms in total.